The highest BCUT2D eigenvalue weighted by Gasteiger charge is 2.35. The van der Waals surface area contributed by atoms with Gasteiger partial charge in [0.1, 0.15) is 0 Å². The summed E-state index contributed by atoms with van der Waals surface area (Å²) in [7, 11) is 3.11. The van der Waals surface area contributed by atoms with E-state index < -0.39 is 9.85 Å². The van der Waals surface area contributed by atoms with Crippen LogP contribution < -0.4 is 9.47 Å². The van der Waals surface area contributed by atoms with E-state index in [-0.39, 0.29) is 23.3 Å². The molecule has 0 amide bonds. The molecule has 2 aromatic carbocycles. The third kappa shape index (κ3) is 3.36. The van der Waals surface area contributed by atoms with Crippen molar-refractivity contribution in [2.75, 3.05) is 14.2 Å². The molecule has 1 aliphatic heterocycles. The van der Waals surface area contributed by atoms with Crippen molar-refractivity contribution in [3.63, 3.8) is 0 Å². The summed E-state index contributed by atoms with van der Waals surface area (Å²) in [6.07, 6.45) is 4.04. The largest absolute Gasteiger partial charge is 0.493 e. The Balaban J connectivity index is 1.95. The predicted molar refractivity (Wildman–Crippen MR) is 110 cm³/mol. The third-order valence-electron chi connectivity index (χ3n) is 5.83. The molecule has 2 aliphatic rings. The average Bonchev–Trinajstić information content (AvgIpc) is 2.77. The second kappa shape index (κ2) is 7.74. The van der Waals surface area contributed by atoms with E-state index in [1.54, 1.807) is 7.11 Å². The van der Waals surface area contributed by atoms with E-state index >= 15 is 0 Å². The fraction of sp³-hybridized carbons (Fsp3) is 0.381. The summed E-state index contributed by atoms with van der Waals surface area (Å²) in [5, 5.41) is 22.7. The lowest BCUT2D eigenvalue weighted by Crippen LogP contribution is -2.29. The van der Waals surface area contributed by atoms with Crippen molar-refractivity contribution in [1.82, 2.24) is 0 Å². The highest BCUT2D eigenvalue weighted by Crippen LogP contribution is 2.45. The summed E-state index contributed by atoms with van der Waals surface area (Å²) in [5.41, 5.74) is 2.00. The summed E-state index contributed by atoms with van der Waals surface area (Å²) in [4.78, 5) is 26.4. The normalized spacial score (nSPS) is 19.9. The van der Waals surface area contributed by atoms with E-state index in [9.17, 15) is 20.2 Å². The highest BCUT2D eigenvalue weighted by molar-refractivity contribution is 6.15. The minimum absolute atomic E-state index is 0.0256. The van der Waals surface area contributed by atoms with Gasteiger partial charge in [-0.1, -0.05) is 12.8 Å². The first-order chi connectivity index (χ1) is 14.4. The van der Waals surface area contributed by atoms with Crippen LogP contribution in [0.5, 0.6) is 11.5 Å². The molecule has 0 aromatic heterocycles. The summed E-state index contributed by atoms with van der Waals surface area (Å²) in [6, 6.07) is 7.43. The van der Waals surface area contributed by atoms with Crippen LogP contribution >= 0.6 is 0 Å². The van der Waals surface area contributed by atoms with Crippen LogP contribution in [-0.2, 0) is 0 Å². The van der Waals surface area contributed by atoms with Crippen LogP contribution in [0.3, 0.4) is 0 Å². The molecule has 2 unspecified atom stereocenters. The van der Waals surface area contributed by atoms with Crippen LogP contribution in [0, 0.1) is 20.2 Å². The number of non-ortho nitro benzene ring substituents is 2. The first-order valence-electron chi connectivity index (χ1n) is 9.71. The fourth-order valence-electron chi connectivity index (χ4n) is 4.44. The minimum Gasteiger partial charge on any atom is -0.493 e. The molecule has 9 nitrogen and oxygen atoms in total. The number of ether oxygens (including phenoxy) is 2. The van der Waals surface area contributed by atoms with Crippen LogP contribution in [0.25, 0.3) is 0 Å². The van der Waals surface area contributed by atoms with Gasteiger partial charge in [-0.3, -0.25) is 25.2 Å². The van der Waals surface area contributed by atoms with Crippen LogP contribution in [-0.4, -0.2) is 35.8 Å². The number of hydrogen-bond acceptors (Lipinski definition) is 7. The van der Waals surface area contributed by atoms with Crippen molar-refractivity contribution >= 4 is 17.1 Å². The molecule has 156 valence electrons. The maximum atomic E-state index is 11.4. The summed E-state index contributed by atoms with van der Waals surface area (Å²) < 4.78 is 10.9. The zero-order valence-corrected chi connectivity index (χ0v) is 16.7. The van der Waals surface area contributed by atoms with Crippen molar-refractivity contribution in [1.29, 1.82) is 0 Å². The third-order valence-corrected chi connectivity index (χ3v) is 5.83. The molecule has 0 saturated heterocycles. The molecule has 9 heteroatoms. The topological polar surface area (TPSA) is 117 Å². The van der Waals surface area contributed by atoms with Crippen molar-refractivity contribution in [2.24, 2.45) is 4.99 Å². The molecule has 0 N–H and O–H groups in total. The minimum atomic E-state index is -0.626. The average molecular weight is 411 g/mol. The quantitative estimate of drug-likeness (QED) is 0.532. The first-order valence-corrected chi connectivity index (χ1v) is 9.71. The Morgan fingerprint density at radius 2 is 1.50 bits per heavy atom. The summed E-state index contributed by atoms with van der Waals surface area (Å²) in [6.45, 7) is 0. The molecule has 4 rings (SSSR count). The van der Waals surface area contributed by atoms with Gasteiger partial charge in [-0.05, 0) is 30.5 Å². The van der Waals surface area contributed by atoms with Gasteiger partial charge in [0.25, 0.3) is 11.4 Å². The van der Waals surface area contributed by atoms with Crippen molar-refractivity contribution in [3.05, 3.63) is 67.3 Å². The van der Waals surface area contributed by atoms with Gasteiger partial charge in [0.15, 0.2) is 11.5 Å². The summed E-state index contributed by atoms with van der Waals surface area (Å²) in [5.74, 6) is 1.33. The van der Waals surface area contributed by atoms with Gasteiger partial charge in [-0.2, -0.15) is 0 Å². The Bertz CT molecular complexity index is 1030. The Hall–Kier alpha value is -3.49. The molecular weight excluding hydrogens is 390 g/mol. The molecule has 2 atom stereocenters. The van der Waals surface area contributed by atoms with Gasteiger partial charge in [0.2, 0.25) is 0 Å². The lowest BCUT2D eigenvalue weighted by Gasteiger charge is -2.35. The lowest BCUT2D eigenvalue weighted by molar-refractivity contribution is -0.394. The van der Waals surface area contributed by atoms with Gasteiger partial charge in [-0.15, -0.1) is 0 Å². The molecular formula is C21H21N3O6. The second-order valence-corrected chi connectivity index (χ2v) is 7.48. The van der Waals surface area contributed by atoms with E-state index in [2.05, 4.69) is 0 Å². The lowest BCUT2D eigenvalue weighted by atomic mass is 9.75. The monoisotopic (exact) mass is 411 g/mol. The van der Waals surface area contributed by atoms with Gasteiger partial charge in [0.05, 0.1) is 41.9 Å². The van der Waals surface area contributed by atoms with Crippen molar-refractivity contribution in [2.45, 2.75) is 37.6 Å². The number of nitrogens with zero attached hydrogens (tertiary/aromatic N) is 3. The number of methoxy groups -OCH3 is 2. The number of benzene rings is 2. The Morgan fingerprint density at radius 3 is 2.10 bits per heavy atom. The molecule has 1 fully saturated rings. The first kappa shape index (κ1) is 19.8. The van der Waals surface area contributed by atoms with E-state index in [0.717, 1.165) is 42.9 Å². The molecule has 0 radical (unpaired) electrons. The van der Waals surface area contributed by atoms with Gasteiger partial charge in [-0.25, -0.2) is 0 Å². The van der Waals surface area contributed by atoms with E-state index in [0.29, 0.717) is 22.8 Å². The molecule has 2 aromatic rings. The smallest absolute Gasteiger partial charge is 0.276 e. The van der Waals surface area contributed by atoms with E-state index in [4.69, 9.17) is 14.5 Å². The highest BCUT2D eigenvalue weighted by atomic mass is 16.6. The zero-order chi connectivity index (χ0) is 21.4. The van der Waals surface area contributed by atoms with Gasteiger partial charge < -0.3 is 9.47 Å². The number of nitro benzene ring substituents is 2. The molecule has 0 spiro atoms. The van der Waals surface area contributed by atoms with E-state index in [1.165, 1.54) is 19.2 Å². The molecule has 1 heterocycles. The number of fused-ring (bicyclic) bond motifs is 3. The van der Waals surface area contributed by atoms with Gasteiger partial charge >= 0.3 is 0 Å². The fourth-order valence-corrected chi connectivity index (χ4v) is 4.44. The van der Waals surface area contributed by atoms with Crippen molar-refractivity contribution < 1.29 is 19.3 Å². The Morgan fingerprint density at radius 1 is 0.900 bits per heavy atom. The number of hydrogen-bond donors (Lipinski definition) is 0. The SMILES string of the molecule is COc1cc2c(cc1OC)C1CCCCC1N=C2c1cc([N+](=O)[O-])cc([N+](=O)[O-])c1. The van der Waals surface area contributed by atoms with E-state index in [1.807, 2.05) is 12.1 Å². The standard InChI is InChI=1S/C21H21N3O6/c1-29-19-10-16-15-5-3-4-6-18(15)22-21(17(16)11-20(19)30-2)12-7-13(23(25)26)9-14(8-12)24(27)28/h7-11,15,18H,3-6H2,1-2H3. The van der Waals surface area contributed by atoms with Crippen molar-refractivity contribution in [3.8, 4) is 11.5 Å². The molecule has 30 heavy (non-hydrogen) atoms. The second-order valence-electron chi connectivity index (χ2n) is 7.48. The zero-order valence-electron chi connectivity index (χ0n) is 16.7. The molecule has 1 aliphatic carbocycles. The maximum Gasteiger partial charge on any atom is 0.276 e. The molecule has 0 bridgehead atoms. The number of nitro groups is 2. The van der Waals surface area contributed by atoms with Crippen LogP contribution in [0.2, 0.25) is 0 Å². The predicted octanol–water partition coefficient (Wildman–Crippen LogP) is 4.40. The molecule has 1 saturated carbocycles. The van der Waals surface area contributed by atoms with Crippen LogP contribution in [0.4, 0.5) is 11.4 Å². The maximum absolute atomic E-state index is 11.4. The number of rotatable bonds is 5. The summed E-state index contributed by atoms with van der Waals surface area (Å²) >= 11 is 0. The Labute approximate surface area is 172 Å². The van der Waals surface area contributed by atoms with Crippen LogP contribution in [0.1, 0.15) is 48.3 Å². The van der Waals surface area contributed by atoms with Gasteiger partial charge in [0, 0.05) is 29.2 Å². The van der Waals surface area contributed by atoms with Crippen LogP contribution in [0.15, 0.2) is 35.3 Å². The number of aliphatic imine (C=N–C) groups is 1. The Kier molecular flexibility index (Phi) is 5.11.